The van der Waals surface area contributed by atoms with Gasteiger partial charge in [0.25, 0.3) is 0 Å². The van der Waals surface area contributed by atoms with E-state index in [9.17, 15) is 9.59 Å². The molecule has 1 unspecified atom stereocenters. The van der Waals surface area contributed by atoms with Gasteiger partial charge in [-0.25, -0.2) is 4.79 Å². The lowest BCUT2D eigenvalue weighted by Crippen LogP contribution is -2.56. The number of rotatable bonds is 7. The summed E-state index contributed by atoms with van der Waals surface area (Å²) in [6.07, 6.45) is 2.80. The van der Waals surface area contributed by atoms with Gasteiger partial charge in [0, 0.05) is 0 Å². The Morgan fingerprint density at radius 1 is 1.56 bits per heavy atom. The first-order chi connectivity index (χ1) is 7.37. The van der Waals surface area contributed by atoms with Crippen molar-refractivity contribution in [1.29, 1.82) is 0 Å². The molecule has 16 heavy (non-hydrogen) atoms. The Hall–Kier alpha value is -0.750. The first-order valence-corrected chi connectivity index (χ1v) is 6.56. The number of carbonyl (C=O) groups is 2. The van der Waals surface area contributed by atoms with Crippen LogP contribution in [0.3, 0.4) is 0 Å². The van der Waals surface area contributed by atoms with Crippen molar-refractivity contribution in [2.75, 3.05) is 12.0 Å². The lowest BCUT2D eigenvalue weighted by molar-refractivity contribution is -0.147. The van der Waals surface area contributed by atoms with Gasteiger partial charge in [0.15, 0.2) is 0 Å². The van der Waals surface area contributed by atoms with E-state index in [-0.39, 0.29) is 0 Å². The molecule has 0 radical (unpaired) electrons. The van der Waals surface area contributed by atoms with Gasteiger partial charge < -0.3 is 16.2 Å². The second-order valence-electron chi connectivity index (χ2n) is 3.87. The van der Waals surface area contributed by atoms with Crippen molar-refractivity contribution < 1.29 is 14.7 Å². The second-order valence-corrected chi connectivity index (χ2v) is 4.85. The molecule has 0 fully saturated rings. The van der Waals surface area contributed by atoms with Gasteiger partial charge in [0.1, 0.15) is 5.54 Å². The summed E-state index contributed by atoms with van der Waals surface area (Å²) in [5.74, 6) is -0.661. The number of carbonyl (C=O) groups excluding carboxylic acids is 1. The molecule has 94 valence electrons. The van der Waals surface area contributed by atoms with E-state index in [1.54, 1.807) is 18.7 Å². The first kappa shape index (κ1) is 15.2. The fourth-order valence-corrected chi connectivity index (χ4v) is 1.52. The molecule has 0 rings (SSSR count). The number of hydrogen-bond acceptors (Lipinski definition) is 4. The third-order valence-corrected chi connectivity index (χ3v) is 3.19. The van der Waals surface area contributed by atoms with E-state index in [2.05, 4.69) is 5.32 Å². The molecular weight excluding hydrogens is 228 g/mol. The quantitative estimate of drug-likeness (QED) is 0.608. The number of aliphatic carboxylic acids is 1. The fourth-order valence-electron chi connectivity index (χ4n) is 1.03. The minimum absolute atomic E-state index is 0.323. The van der Waals surface area contributed by atoms with Crippen LogP contribution in [0, 0.1) is 0 Å². The van der Waals surface area contributed by atoms with Crippen molar-refractivity contribution >= 4 is 23.6 Å². The van der Waals surface area contributed by atoms with E-state index in [0.29, 0.717) is 12.8 Å². The Labute approximate surface area is 100 Å². The van der Waals surface area contributed by atoms with E-state index in [1.807, 2.05) is 6.26 Å². The molecule has 0 aliphatic rings. The van der Waals surface area contributed by atoms with Gasteiger partial charge in [-0.2, -0.15) is 11.8 Å². The summed E-state index contributed by atoms with van der Waals surface area (Å²) in [6.45, 7) is 3.19. The Bertz CT molecular complexity index is 260. The molecule has 1 amide bonds. The predicted octanol–water partition coefficient (Wildman–Crippen LogP) is 0.436. The highest BCUT2D eigenvalue weighted by molar-refractivity contribution is 7.98. The fraction of sp³-hybridized carbons (Fsp3) is 0.800. The SMILES string of the molecule is CCC(C)(NC(=O)[C@H](N)CCSC)C(=O)O. The van der Waals surface area contributed by atoms with Crippen LogP contribution in [0.2, 0.25) is 0 Å². The Morgan fingerprint density at radius 2 is 2.12 bits per heavy atom. The smallest absolute Gasteiger partial charge is 0.329 e. The zero-order chi connectivity index (χ0) is 12.8. The number of nitrogens with one attached hydrogen (secondary N) is 1. The summed E-state index contributed by atoms with van der Waals surface area (Å²) in [7, 11) is 0. The summed E-state index contributed by atoms with van der Waals surface area (Å²) in [4.78, 5) is 22.6. The molecule has 0 bridgehead atoms. The Morgan fingerprint density at radius 3 is 2.50 bits per heavy atom. The van der Waals surface area contributed by atoms with Crippen molar-refractivity contribution in [1.82, 2.24) is 5.32 Å². The second kappa shape index (κ2) is 6.75. The maximum atomic E-state index is 11.6. The number of carboxylic acid groups (broad SMARTS) is 1. The van der Waals surface area contributed by atoms with Gasteiger partial charge in [-0.15, -0.1) is 0 Å². The molecule has 5 nitrogen and oxygen atoms in total. The van der Waals surface area contributed by atoms with Gasteiger partial charge in [-0.1, -0.05) is 6.92 Å². The van der Waals surface area contributed by atoms with E-state index in [0.717, 1.165) is 5.75 Å². The topological polar surface area (TPSA) is 92.4 Å². The maximum Gasteiger partial charge on any atom is 0.329 e. The van der Waals surface area contributed by atoms with Gasteiger partial charge in [0.05, 0.1) is 6.04 Å². The van der Waals surface area contributed by atoms with Crippen LogP contribution in [0.4, 0.5) is 0 Å². The molecular formula is C10H20N2O3S. The van der Waals surface area contributed by atoms with Crippen LogP contribution in [0.5, 0.6) is 0 Å². The highest BCUT2D eigenvalue weighted by Gasteiger charge is 2.33. The molecule has 4 N–H and O–H groups in total. The van der Waals surface area contributed by atoms with Gasteiger partial charge in [0.2, 0.25) is 5.91 Å². The standard InChI is InChI=1S/C10H20N2O3S/c1-4-10(2,9(14)15)12-8(13)7(11)5-6-16-3/h7H,4-6,11H2,1-3H3,(H,12,13)(H,14,15)/t7-,10?/m1/s1. The van der Waals surface area contributed by atoms with Gasteiger partial charge in [-0.05, 0) is 31.8 Å². The van der Waals surface area contributed by atoms with Crippen LogP contribution in [-0.4, -0.2) is 40.6 Å². The molecule has 0 heterocycles. The molecule has 0 aromatic carbocycles. The minimum Gasteiger partial charge on any atom is -0.480 e. The summed E-state index contributed by atoms with van der Waals surface area (Å²) in [5.41, 5.74) is 4.42. The monoisotopic (exact) mass is 248 g/mol. The maximum absolute atomic E-state index is 11.6. The molecule has 0 aromatic heterocycles. The molecule has 0 aliphatic carbocycles. The van der Waals surface area contributed by atoms with Crippen LogP contribution in [0.25, 0.3) is 0 Å². The minimum atomic E-state index is -1.23. The lowest BCUT2D eigenvalue weighted by atomic mass is 9.98. The van der Waals surface area contributed by atoms with Crippen molar-refractivity contribution in [3.63, 3.8) is 0 Å². The Kier molecular flexibility index (Phi) is 6.43. The molecule has 0 spiro atoms. The molecule has 0 saturated carbocycles. The molecule has 2 atom stereocenters. The van der Waals surface area contributed by atoms with Crippen molar-refractivity contribution in [3.8, 4) is 0 Å². The van der Waals surface area contributed by atoms with Gasteiger partial charge in [-0.3, -0.25) is 4.79 Å². The molecule has 0 saturated heterocycles. The first-order valence-electron chi connectivity index (χ1n) is 5.17. The summed E-state index contributed by atoms with van der Waals surface area (Å²) in [5, 5.41) is 11.5. The van der Waals surface area contributed by atoms with E-state index in [4.69, 9.17) is 10.8 Å². The van der Waals surface area contributed by atoms with Crippen LogP contribution in [-0.2, 0) is 9.59 Å². The predicted molar refractivity (Wildman–Crippen MR) is 65.4 cm³/mol. The van der Waals surface area contributed by atoms with Crippen LogP contribution >= 0.6 is 11.8 Å². The van der Waals surface area contributed by atoms with Crippen molar-refractivity contribution in [2.45, 2.75) is 38.3 Å². The van der Waals surface area contributed by atoms with E-state index >= 15 is 0 Å². The number of thioether (sulfide) groups is 1. The average molecular weight is 248 g/mol. The van der Waals surface area contributed by atoms with Crippen LogP contribution in [0.1, 0.15) is 26.7 Å². The zero-order valence-electron chi connectivity index (χ0n) is 9.95. The summed E-state index contributed by atoms with van der Waals surface area (Å²) in [6, 6.07) is -0.641. The number of amides is 1. The third-order valence-electron chi connectivity index (χ3n) is 2.55. The van der Waals surface area contributed by atoms with E-state index < -0.39 is 23.5 Å². The summed E-state index contributed by atoms with van der Waals surface area (Å²) >= 11 is 1.60. The largest absolute Gasteiger partial charge is 0.480 e. The molecule has 0 aromatic rings. The highest BCUT2D eigenvalue weighted by Crippen LogP contribution is 2.10. The van der Waals surface area contributed by atoms with Crippen LogP contribution in [0.15, 0.2) is 0 Å². The molecule has 0 aliphatic heterocycles. The third kappa shape index (κ3) is 4.40. The summed E-state index contributed by atoms with van der Waals surface area (Å²) < 4.78 is 0. The lowest BCUT2D eigenvalue weighted by Gasteiger charge is -2.26. The van der Waals surface area contributed by atoms with E-state index in [1.165, 1.54) is 6.92 Å². The number of nitrogens with two attached hydrogens (primary N) is 1. The zero-order valence-corrected chi connectivity index (χ0v) is 10.8. The van der Waals surface area contributed by atoms with Crippen molar-refractivity contribution in [2.24, 2.45) is 5.73 Å². The number of hydrogen-bond donors (Lipinski definition) is 3. The number of carboxylic acids is 1. The van der Waals surface area contributed by atoms with Crippen LogP contribution < -0.4 is 11.1 Å². The Balaban J connectivity index is 4.36. The average Bonchev–Trinajstić information content (AvgIpc) is 2.25. The van der Waals surface area contributed by atoms with Gasteiger partial charge >= 0.3 is 5.97 Å². The highest BCUT2D eigenvalue weighted by atomic mass is 32.2. The molecule has 6 heteroatoms. The normalized spacial score (nSPS) is 16.2. The van der Waals surface area contributed by atoms with Crippen molar-refractivity contribution in [3.05, 3.63) is 0 Å².